The number of nitrogens with one attached hydrogen (secondary N) is 2. The van der Waals surface area contributed by atoms with Crippen LogP contribution < -0.4 is 10.6 Å². The van der Waals surface area contributed by atoms with Gasteiger partial charge in [-0.05, 0) is 33.7 Å². The van der Waals surface area contributed by atoms with Gasteiger partial charge in [-0.25, -0.2) is 0 Å². The minimum Gasteiger partial charge on any atom is -0.347 e. The molecule has 2 atom stereocenters. The Balaban J connectivity index is 2.35. The van der Waals surface area contributed by atoms with Crippen LogP contribution in [0.5, 0.6) is 0 Å². The van der Waals surface area contributed by atoms with E-state index in [1.165, 1.54) is 0 Å². The lowest BCUT2D eigenvalue weighted by atomic mass is 10.0. The number of hydrogen-bond donors (Lipinski definition) is 2. The number of rotatable bonds is 5. The summed E-state index contributed by atoms with van der Waals surface area (Å²) in [6.07, 6.45) is 0.854. The maximum atomic E-state index is 11.8. The summed E-state index contributed by atoms with van der Waals surface area (Å²) in [6, 6.07) is 0.207. The summed E-state index contributed by atoms with van der Waals surface area (Å²) in [5, 5.41) is 5.96. The lowest BCUT2D eigenvalue weighted by Crippen LogP contribution is -2.43. The topological polar surface area (TPSA) is 61.4 Å². The number of amides is 2. The van der Waals surface area contributed by atoms with Gasteiger partial charge in [0.05, 0.1) is 12.5 Å². The summed E-state index contributed by atoms with van der Waals surface area (Å²) in [5.74, 6) is -0.0236. The minimum atomic E-state index is -0.0121. The van der Waals surface area contributed by atoms with Crippen molar-refractivity contribution >= 4 is 11.8 Å². The van der Waals surface area contributed by atoms with Crippen molar-refractivity contribution < 1.29 is 9.59 Å². The van der Waals surface area contributed by atoms with Gasteiger partial charge in [-0.1, -0.05) is 0 Å². The SMILES string of the molecule is CCN(CC)C(=O)CNC(=O)C1CCNC1C. The second-order valence-electron chi connectivity index (χ2n) is 4.42. The van der Waals surface area contributed by atoms with E-state index in [1.807, 2.05) is 20.8 Å². The van der Waals surface area contributed by atoms with E-state index in [4.69, 9.17) is 0 Å². The smallest absolute Gasteiger partial charge is 0.241 e. The van der Waals surface area contributed by atoms with Crippen molar-refractivity contribution in [2.45, 2.75) is 33.2 Å². The first-order valence-electron chi connectivity index (χ1n) is 6.39. The van der Waals surface area contributed by atoms with Crippen LogP contribution in [0.4, 0.5) is 0 Å². The van der Waals surface area contributed by atoms with Crippen LogP contribution in [0.25, 0.3) is 0 Å². The molecule has 1 saturated heterocycles. The summed E-state index contributed by atoms with van der Waals surface area (Å²) >= 11 is 0. The molecule has 1 heterocycles. The standard InChI is InChI=1S/C12H23N3O2/c1-4-15(5-2)11(16)8-14-12(17)10-6-7-13-9(10)3/h9-10,13H,4-8H2,1-3H3,(H,14,17). The van der Waals surface area contributed by atoms with Gasteiger partial charge in [0.2, 0.25) is 11.8 Å². The molecule has 1 rings (SSSR count). The highest BCUT2D eigenvalue weighted by Gasteiger charge is 2.29. The quantitative estimate of drug-likeness (QED) is 0.710. The lowest BCUT2D eigenvalue weighted by molar-refractivity contribution is -0.133. The van der Waals surface area contributed by atoms with Gasteiger partial charge in [-0.15, -0.1) is 0 Å². The van der Waals surface area contributed by atoms with E-state index in [0.717, 1.165) is 13.0 Å². The molecule has 5 nitrogen and oxygen atoms in total. The van der Waals surface area contributed by atoms with Gasteiger partial charge >= 0.3 is 0 Å². The summed E-state index contributed by atoms with van der Waals surface area (Å²) in [4.78, 5) is 25.3. The molecule has 2 N–H and O–H groups in total. The van der Waals surface area contributed by atoms with Gasteiger partial charge in [0, 0.05) is 19.1 Å². The van der Waals surface area contributed by atoms with E-state index < -0.39 is 0 Å². The van der Waals surface area contributed by atoms with Gasteiger partial charge in [0.25, 0.3) is 0 Å². The van der Waals surface area contributed by atoms with Gasteiger partial charge in [-0.3, -0.25) is 9.59 Å². The lowest BCUT2D eigenvalue weighted by Gasteiger charge is -2.20. The van der Waals surface area contributed by atoms with Crippen molar-refractivity contribution in [3.8, 4) is 0 Å². The number of hydrogen-bond acceptors (Lipinski definition) is 3. The second kappa shape index (κ2) is 6.59. The Bertz CT molecular complexity index is 277. The van der Waals surface area contributed by atoms with Crippen LogP contribution in [0.3, 0.4) is 0 Å². The second-order valence-corrected chi connectivity index (χ2v) is 4.42. The maximum absolute atomic E-state index is 11.8. The van der Waals surface area contributed by atoms with E-state index in [1.54, 1.807) is 4.90 Å². The molecule has 0 spiro atoms. The predicted octanol–water partition coefficient (Wildman–Crippen LogP) is -0.0310. The molecule has 0 bridgehead atoms. The number of nitrogens with zero attached hydrogens (tertiary/aromatic N) is 1. The van der Waals surface area contributed by atoms with Gasteiger partial charge < -0.3 is 15.5 Å². The van der Waals surface area contributed by atoms with E-state index in [-0.39, 0.29) is 30.3 Å². The van der Waals surface area contributed by atoms with Crippen LogP contribution in [-0.2, 0) is 9.59 Å². The fraction of sp³-hybridized carbons (Fsp3) is 0.833. The third-order valence-electron chi connectivity index (χ3n) is 3.39. The molecular weight excluding hydrogens is 218 g/mol. The zero-order chi connectivity index (χ0) is 12.8. The maximum Gasteiger partial charge on any atom is 0.241 e. The van der Waals surface area contributed by atoms with Gasteiger partial charge in [0.1, 0.15) is 0 Å². The Kier molecular flexibility index (Phi) is 5.41. The van der Waals surface area contributed by atoms with E-state index >= 15 is 0 Å². The van der Waals surface area contributed by atoms with Crippen LogP contribution in [0.2, 0.25) is 0 Å². The molecule has 0 saturated carbocycles. The Morgan fingerprint density at radius 1 is 1.35 bits per heavy atom. The zero-order valence-corrected chi connectivity index (χ0v) is 11.0. The Morgan fingerprint density at radius 3 is 2.47 bits per heavy atom. The molecule has 17 heavy (non-hydrogen) atoms. The van der Waals surface area contributed by atoms with Crippen LogP contribution in [0, 0.1) is 5.92 Å². The predicted molar refractivity (Wildman–Crippen MR) is 66.5 cm³/mol. The Morgan fingerprint density at radius 2 is 2.00 bits per heavy atom. The molecule has 1 aliphatic rings. The third kappa shape index (κ3) is 3.70. The highest BCUT2D eigenvalue weighted by Crippen LogP contribution is 2.14. The molecule has 0 aromatic heterocycles. The first kappa shape index (κ1) is 14.0. The molecule has 0 aliphatic carbocycles. The van der Waals surface area contributed by atoms with Gasteiger partial charge in [-0.2, -0.15) is 0 Å². The minimum absolute atomic E-state index is 0.000460. The Labute approximate surface area is 103 Å². The molecule has 5 heteroatoms. The number of carbonyl (C=O) groups excluding carboxylic acids is 2. The van der Waals surface area contributed by atoms with E-state index in [0.29, 0.717) is 13.1 Å². The van der Waals surface area contributed by atoms with E-state index in [9.17, 15) is 9.59 Å². The Hall–Kier alpha value is -1.10. The molecule has 98 valence electrons. The van der Waals surface area contributed by atoms with Crippen molar-refractivity contribution in [1.29, 1.82) is 0 Å². The zero-order valence-electron chi connectivity index (χ0n) is 11.0. The monoisotopic (exact) mass is 241 g/mol. The summed E-state index contributed by atoms with van der Waals surface area (Å²) in [7, 11) is 0. The molecule has 0 aromatic carbocycles. The number of carbonyl (C=O) groups is 2. The van der Waals surface area contributed by atoms with Crippen molar-refractivity contribution in [3.05, 3.63) is 0 Å². The summed E-state index contributed by atoms with van der Waals surface area (Å²) < 4.78 is 0. The fourth-order valence-corrected chi connectivity index (χ4v) is 2.20. The van der Waals surface area contributed by atoms with Crippen molar-refractivity contribution in [3.63, 3.8) is 0 Å². The first-order valence-corrected chi connectivity index (χ1v) is 6.39. The fourth-order valence-electron chi connectivity index (χ4n) is 2.20. The highest BCUT2D eigenvalue weighted by molar-refractivity contribution is 5.86. The molecule has 2 unspecified atom stereocenters. The molecule has 1 fully saturated rings. The van der Waals surface area contributed by atoms with Crippen LogP contribution in [0.1, 0.15) is 27.2 Å². The normalized spacial score (nSPS) is 23.5. The van der Waals surface area contributed by atoms with Crippen molar-refractivity contribution in [1.82, 2.24) is 15.5 Å². The summed E-state index contributed by atoms with van der Waals surface area (Å²) in [5.41, 5.74) is 0. The van der Waals surface area contributed by atoms with Crippen LogP contribution in [-0.4, -0.2) is 48.9 Å². The molecule has 0 radical (unpaired) electrons. The summed E-state index contributed by atoms with van der Waals surface area (Å²) in [6.45, 7) is 8.24. The average molecular weight is 241 g/mol. The average Bonchev–Trinajstić information content (AvgIpc) is 2.74. The molecule has 1 aliphatic heterocycles. The molecule has 2 amide bonds. The van der Waals surface area contributed by atoms with Gasteiger partial charge in [0.15, 0.2) is 0 Å². The molecule has 0 aromatic rings. The number of likely N-dealkylation sites (N-methyl/N-ethyl adjacent to an activating group) is 1. The van der Waals surface area contributed by atoms with E-state index in [2.05, 4.69) is 10.6 Å². The van der Waals surface area contributed by atoms with Crippen LogP contribution >= 0.6 is 0 Å². The first-order chi connectivity index (χ1) is 8.10. The van der Waals surface area contributed by atoms with Crippen LogP contribution in [0.15, 0.2) is 0 Å². The van der Waals surface area contributed by atoms with Crippen molar-refractivity contribution in [2.75, 3.05) is 26.2 Å². The molecular formula is C12H23N3O2. The highest BCUT2D eigenvalue weighted by atomic mass is 16.2. The third-order valence-corrected chi connectivity index (χ3v) is 3.39. The largest absolute Gasteiger partial charge is 0.347 e. The van der Waals surface area contributed by atoms with Crippen molar-refractivity contribution in [2.24, 2.45) is 5.92 Å².